The van der Waals surface area contributed by atoms with Crippen molar-refractivity contribution in [3.05, 3.63) is 4.88 Å². The molecule has 1 heterocycles. The minimum absolute atomic E-state index is 0.141. The van der Waals surface area contributed by atoms with Crippen molar-refractivity contribution in [2.75, 3.05) is 37.9 Å². The molecule has 0 saturated heterocycles. The third kappa shape index (κ3) is 4.29. The molecule has 118 valence electrons. The van der Waals surface area contributed by atoms with Gasteiger partial charge in [-0.1, -0.05) is 17.8 Å². The first-order chi connectivity index (χ1) is 10.1. The molecule has 8 heteroatoms. The van der Waals surface area contributed by atoms with Crippen LogP contribution in [-0.2, 0) is 4.74 Å². The van der Waals surface area contributed by atoms with E-state index in [1.165, 1.54) is 11.3 Å². The molecule has 0 spiro atoms. The second kappa shape index (κ2) is 7.58. The van der Waals surface area contributed by atoms with E-state index in [1.54, 1.807) is 7.11 Å². The topological polar surface area (TPSA) is 110 Å². The van der Waals surface area contributed by atoms with Crippen LogP contribution in [0.25, 0.3) is 0 Å². The molecule has 1 saturated carbocycles. The smallest absolute Gasteiger partial charge is 0.265 e. The number of anilines is 2. The first-order valence-corrected chi connectivity index (χ1v) is 7.89. The number of methoxy groups -OCH3 is 1. The van der Waals surface area contributed by atoms with Gasteiger partial charge in [-0.3, -0.25) is 4.79 Å². The molecule has 1 aromatic heterocycles. The number of nitrogens with one attached hydrogen (secondary N) is 2. The number of nitrogens with zero attached hydrogens (tertiary/aromatic N) is 1. The molecule has 1 aromatic rings. The average molecular weight is 314 g/mol. The molecule has 2 rings (SSSR count). The van der Waals surface area contributed by atoms with E-state index in [1.807, 2.05) is 0 Å². The lowest BCUT2D eigenvalue weighted by atomic mass is 10.1. The Morgan fingerprint density at radius 1 is 1.57 bits per heavy atom. The first-order valence-electron chi connectivity index (χ1n) is 7.07. The zero-order valence-electron chi connectivity index (χ0n) is 12.1. The molecular weight excluding hydrogens is 292 g/mol. The highest BCUT2D eigenvalue weighted by Crippen LogP contribution is 2.26. The fourth-order valence-electron chi connectivity index (χ4n) is 2.39. The Balaban J connectivity index is 1.86. The maximum Gasteiger partial charge on any atom is 0.265 e. The number of aromatic nitrogens is 1. The fraction of sp³-hybridized carbons (Fsp3) is 0.692. The molecule has 21 heavy (non-hydrogen) atoms. The Bertz CT molecular complexity index is 480. The quantitative estimate of drug-likeness (QED) is 0.551. The number of nitrogens with two attached hydrogens (primary N) is 1. The van der Waals surface area contributed by atoms with Gasteiger partial charge in [-0.25, -0.2) is 4.98 Å². The Hall–Kier alpha value is -1.38. The highest BCUT2D eigenvalue weighted by Gasteiger charge is 2.26. The van der Waals surface area contributed by atoms with Crippen molar-refractivity contribution in [1.29, 1.82) is 0 Å². The molecule has 0 aromatic carbocycles. The molecule has 2 unspecified atom stereocenters. The molecule has 2 atom stereocenters. The largest absolute Gasteiger partial charge is 0.393 e. The summed E-state index contributed by atoms with van der Waals surface area (Å²) in [5.41, 5.74) is 5.78. The minimum atomic E-state index is -0.310. The lowest BCUT2D eigenvalue weighted by molar-refractivity contribution is 0.0921. The van der Waals surface area contributed by atoms with E-state index in [9.17, 15) is 9.90 Å². The lowest BCUT2D eigenvalue weighted by Crippen LogP contribution is -2.32. The number of thiazole rings is 1. The van der Waals surface area contributed by atoms with Gasteiger partial charge >= 0.3 is 0 Å². The Morgan fingerprint density at radius 2 is 2.38 bits per heavy atom. The van der Waals surface area contributed by atoms with E-state index in [0.717, 1.165) is 19.3 Å². The van der Waals surface area contributed by atoms with Crippen LogP contribution in [0.3, 0.4) is 0 Å². The number of hydrogen-bond acceptors (Lipinski definition) is 7. The number of amides is 1. The van der Waals surface area contributed by atoms with Crippen LogP contribution < -0.4 is 16.4 Å². The summed E-state index contributed by atoms with van der Waals surface area (Å²) in [5.74, 6) is 0.135. The summed E-state index contributed by atoms with van der Waals surface area (Å²) in [5, 5.41) is 16.2. The predicted octanol–water partition coefficient (Wildman–Crippen LogP) is 0.674. The van der Waals surface area contributed by atoms with Crippen molar-refractivity contribution in [1.82, 2.24) is 10.3 Å². The normalized spacial score (nSPS) is 21.4. The monoisotopic (exact) mass is 314 g/mol. The van der Waals surface area contributed by atoms with Crippen LogP contribution in [0, 0.1) is 5.92 Å². The van der Waals surface area contributed by atoms with Gasteiger partial charge in [-0.15, -0.1) is 0 Å². The SMILES string of the molecule is COCCNc1nc(N)c(C(=O)NCC2CCCC2O)s1. The van der Waals surface area contributed by atoms with Crippen LogP contribution in [0.1, 0.15) is 28.9 Å². The van der Waals surface area contributed by atoms with Gasteiger partial charge in [0, 0.05) is 26.1 Å². The number of aliphatic hydroxyl groups excluding tert-OH is 1. The molecule has 1 fully saturated rings. The number of ether oxygens (including phenoxy) is 1. The summed E-state index contributed by atoms with van der Waals surface area (Å²) in [6.45, 7) is 1.64. The van der Waals surface area contributed by atoms with Gasteiger partial charge in [0.15, 0.2) is 5.13 Å². The van der Waals surface area contributed by atoms with Crippen molar-refractivity contribution in [2.45, 2.75) is 25.4 Å². The highest BCUT2D eigenvalue weighted by atomic mass is 32.1. The Morgan fingerprint density at radius 3 is 3.05 bits per heavy atom. The summed E-state index contributed by atoms with van der Waals surface area (Å²) >= 11 is 1.22. The zero-order valence-corrected chi connectivity index (χ0v) is 12.9. The standard InChI is InChI=1S/C13H22N4O3S/c1-20-6-5-15-13-17-11(14)10(21-13)12(19)16-7-8-3-2-4-9(8)18/h8-9,18H,2-7,14H2,1H3,(H,15,17)(H,16,19). The third-order valence-corrected chi connectivity index (χ3v) is 4.61. The van der Waals surface area contributed by atoms with Crippen LogP contribution in [0.5, 0.6) is 0 Å². The molecular formula is C13H22N4O3S. The zero-order chi connectivity index (χ0) is 15.2. The van der Waals surface area contributed by atoms with E-state index < -0.39 is 0 Å². The Kier molecular flexibility index (Phi) is 5.77. The minimum Gasteiger partial charge on any atom is -0.393 e. The molecule has 7 nitrogen and oxygen atoms in total. The van der Waals surface area contributed by atoms with E-state index in [0.29, 0.717) is 29.7 Å². The van der Waals surface area contributed by atoms with Gasteiger partial charge in [-0.2, -0.15) is 0 Å². The summed E-state index contributed by atoms with van der Waals surface area (Å²) in [6, 6.07) is 0. The number of aliphatic hydroxyl groups is 1. The van der Waals surface area contributed by atoms with E-state index >= 15 is 0 Å². The number of carbonyl (C=O) groups is 1. The predicted molar refractivity (Wildman–Crippen MR) is 82.6 cm³/mol. The van der Waals surface area contributed by atoms with E-state index in [4.69, 9.17) is 10.5 Å². The number of nitrogen functional groups attached to an aromatic ring is 1. The number of rotatable bonds is 7. The fourth-order valence-corrected chi connectivity index (χ4v) is 3.22. The number of carbonyl (C=O) groups excluding carboxylic acids is 1. The molecule has 0 aliphatic heterocycles. The van der Waals surface area contributed by atoms with Gasteiger partial charge in [0.1, 0.15) is 10.7 Å². The summed E-state index contributed by atoms with van der Waals surface area (Å²) in [4.78, 5) is 16.6. The second-order valence-corrected chi connectivity index (χ2v) is 6.12. The van der Waals surface area contributed by atoms with Crippen LogP contribution >= 0.6 is 11.3 Å². The van der Waals surface area contributed by atoms with E-state index in [-0.39, 0.29) is 23.7 Å². The molecule has 1 amide bonds. The van der Waals surface area contributed by atoms with Crippen LogP contribution in [0.4, 0.5) is 10.9 Å². The molecule has 1 aliphatic rings. The molecule has 1 aliphatic carbocycles. The van der Waals surface area contributed by atoms with Gasteiger partial charge < -0.3 is 26.2 Å². The molecule has 0 bridgehead atoms. The third-order valence-electron chi connectivity index (χ3n) is 3.59. The first kappa shape index (κ1) is 16.0. The van der Waals surface area contributed by atoms with Crippen LogP contribution in [0.15, 0.2) is 0 Å². The van der Waals surface area contributed by atoms with Crippen LogP contribution in [-0.4, -0.2) is 48.9 Å². The lowest BCUT2D eigenvalue weighted by Gasteiger charge is -2.14. The Labute approximate surface area is 127 Å². The van der Waals surface area contributed by atoms with Gasteiger partial charge in [0.2, 0.25) is 0 Å². The van der Waals surface area contributed by atoms with Crippen molar-refractivity contribution in [2.24, 2.45) is 5.92 Å². The summed E-state index contributed by atoms with van der Waals surface area (Å²) in [7, 11) is 1.62. The molecule has 5 N–H and O–H groups in total. The number of hydrogen-bond donors (Lipinski definition) is 4. The van der Waals surface area contributed by atoms with Gasteiger partial charge in [0.25, 0.3) is 5.91 Å². The van der Waals surface area contributed by atoms with Crippen molar-refractivity contribution < 1.29 is 14.6 Å². The van der Waals surface area contributed by atoms with Crippen molar-refractivity contribution >= 4 is 28.2 Å². The maximum absolute atomic E-state index is 12.1. The van der Waals surface area contributed by atoms with Crippen molar-refractivity contribution in [3.8, 4) is 0 Å². The van der Waals surface area contributed by atoms with E-state index in [2.05, 4.69) is 15.6 Å². The van der Waals surface area contributed by atoms with Crippen LogP contribution in [0.2, 0.25) is 0 Å². The summed E-state index contributed by atoms with van der Waals surface area (Å²) < 4.78 is 4.93. The molecule has 0 radical (unpaired) electrons. The average Bonchev–Trinajstić information content (AvgIpc) is 3.03. The second-order valence-electron chi connectivity index (χ2n) is 5.12. The van der Waals surface area contributed by atoms with Gasteiger partial charge in [0.05, 0.1) is 12.7 Å². The highest BCUT2D eigenvalue weighted by molar-refractivity contribution is 7.18. The van der Waals surface area contributed by atoms with Gasteiger partial charge in [-0.05, 0) is 12.8 Å². The van der Waals surface area contributed by atoms with Crippen molar-refractivity contribution in [3.63, 3.8) is 0 Å². The summed E-state index contributed by atoms with van der Waals surface area (Å²) in [6.07, 6.45) is 2.47. The maximum atomic E-state index is 12.1.